The first-order valence-electron chi connectivity index (χ1n) is 24.3. The molecule has 71 heavy (non-hydrogen) atoms. The Hall–Kier alpha value is -7.05. The Balaban J connectivity index is 0.712. The van der Waals surface area contributed by atoms with Crippen molar-refractivity contribution in [2.24, 2.45) is 5.92 Å². The molecule has 0 aliphatic carbocycles. The van der Waals surface area contributed by atoms with Crippen molar-refractivity contribution in [2.45, 2.75) is 56.8 Å². The van der Waals surface area contributed by atoms with Gasteiger partial charge in [-0.25, -0.2) is 4.98 Å². The lowest BCUT2D eigenvalue weighted by Gasteiger charge is -2.56. The van der Waals surface area contributed by atoms with Gasteiger partial charge in [0.25, 0.3) is 5.88 Å². The Morgan fingerprint density at radius 2 is 1.65 bits per heavy atom. The molecule has 2 aromatic carbocycles. The van der Waals surface area contributed by atoms with Crippen molar-refractivity contribution in [1.29, 1.82) is 5.26 Å². The van der Waals surface area contributed by atoms with Crippen LogP contribution in [-0.2, 0) is 14.3 Å². The van der Waals surface area contributed by atoms with Crippen LogP contribution < -0.4 is 30.3 Å². The Morgan fingerprint density at radius 3 is 2.32 bits per heavy atom. The van der Waals surface area contributed by atoms with Crippen LogP contribution in [0.25, 0.3) is 11.3 Å². The standard InChI is InChI=1S/C51H62N12O8/c1-33(2)47(50(67)62-29-38(64)25-42(62)49(66)55-34(3)36-10-8-35(28-52)9-11-36)44-27-46(58-71-44)70-23-21-60-16-14-59(15-17-60)20-22-69-45-24-37(12-13-54-45)63-19-18-61(30-51(63)31-68-32-51)41-26-40(56-57-48(41)53)39-6-4-5-7-43(39)65/h4-13,24,26-27,33-34,38,42,47,64-65H,14-23,25,29-32H2,1-3H3,(H2,53,57)(H,55,66)/t34-,38+,42-,47+/m0/s1. The molecule has 5 N–H and O–H groups in total. The Kier molecular flexibility index (Phi) is 14.8. The number of phenolic OH excluding ortho intramolecular Hbond substituents is 1. The second-order valence-electron chi connectivity index (χ2n) is 19.2. The van der Waals surface area contributed by atoms with Crippen molar-refractivity contribution in [3.63, 3.8) is 0 Å². The molecule has 4 fully saturated rings. The van der Waals surface area contributed by atoms with Gasteiger partial charge in [-0.15, -0.1) is 10.2 Å². The van der Waals surface area contributed by atoms with Gasteiger partial charge in [0.2, 0.25) is 17.7 Å². The van der Waals surface area contributed by atoms with E-state index in [1.54, 1.807) is 48.7 Å². The number of aromatic nitrogens is 4. The number of phenols is 1. The van der Waals surface area contributed by atoms with E-state index in [-0.39, 0.29) is 53.9 Å². The van der Waals surface area contributed by atoms with Gasteiger partial charge in [0, 0.05) is 101 Å². The van der Waals surface area contributed by atoms with Crippen LogP contribution >= 0.6 is 0 Å². The fraction of sp³-hybridized carbons (Fsp3) is 0.471. The number of carbonyl (C=O) groups excluding carboxylic acids is 2. The van der Waals surface area contributed by atoms with E-state index in [1.807, 2.05) is 51.1 Å². The number of para-hydroxylation sites is 1. The van der Waals surface area contributed by atoms with E-state index in [0.29, 0.717) is 86.9 Å². The molecule has 374 valence electrons. The summed E-state index contributed by atoms with van der Waals surface area (Å²) in [7, 11) is 0. The van der Waals surface area contributed by atoms with E-state index in [4.69, 9.17) is 29.7 Å². The maximum atomic E-state index is 14.1. The van der Waals surface area contributed by atoms with Crippen LogP contribution in [0.1, 0.15) is 56.0 Å². The van der Waals surface area contributed by atoms with Gasteiger partial charge in [-0.1, -0.05) is 38.1 Å². The Morgan fingerprint density at radius 1 is 0.930 bits per heavy atom. The first-order chi connectivity index (χ1) is 34.4. The number of ether oxygens (including phenoxy) is 3. The van der Waals surface area contributed by atoms with Crippen LogP contribution in [0.5, 0.6) is 17.5 Å². The summed E-state index contributed by atoms with van der Waals surface area (Å²) in [6.45, 7) is 14.7. The number of hydrogen-bond donors (Lipinski definition) is 4. The minimum absolute atomic E-state index is 0.0284. The van der Waals surface area contributed by atoms with Crippen LogP contribution in [-0.4, -0.2) is 167 Å². The van der Waals surface area contributed by atoms with Crippen molar-refractivity contribution in [3.05, 3.63) is 95.9 Å². The lowest BCUT2D eigenvalue weighted by Crippen LogP contribution is -2.72. The number of piperazine rings is 2. The average molecular weight is 971 g/mol. The molecular weight excluding hydrogens is 909 g/mol. The predicted octanol–water partition coefficient (Wildman–Crippen LogP) is 3.44. The molecule has 2 amide bonds. The number of benzene rings is 2. The summed E-state index contributed by atoms with van der Waals surface area (Å²) in [4.78, 5) is 42.9. The predicted molar refractivity (Wildman–Crippen MR) is 263 cm³/mol. The van der Waals surface area contributed by atoms with E-state index in [2.05, 4.69) is 51.3 Å². The van der Waals surface area contributed by atoms with Crippen LogP contribution in [0.4, 0.5) is 17.2 Å². The number of aliphatic hydroxyl groups is 1. The molecule has 20 heteroatoms. The highest BCUT2D eigenvalue weighted by Crippen LogP contribution is 2.39. The number of carbonyl (C=O) groups is 2. The lowest BCUT2D eigenvalue weighted by molar-refractivity contribution is -0.141. The van der Waals surface area contributed by atoms with Crippen LogP contribution in [0, 0.1) is 17.2 Å². The van der Waals surface area contributed by atoms with Gasteiger partial charge in [-0.3, -0.25) is 19.4 Å². The van der Waals surface area contributed by atoms with E-state index in [1.165, 1.54) is 4.90 Å². The molecule has 4 aliphatic heterocycles. The third kappa shape index (κ3) is 11.0. The molecule has 0 bridgehead atoms. The number of β-amino-alcohol motifs (C(OH)–C–C–N with tert-alkyl or cyclic N) is 1. The summed E-state index contributed by atoms with van der Waals surface area (Å²) in [6.07, 6.45) is 1.06. The fourth-order valence-corrected chi connectivity index (χ4v) is 10.0. The number of nitrogen functional groups attached to an aromatic ring is 1. The SMILES string of the molecule is CC(C)[C@@H](C(=O)N1C[C@H](O)C[C@H]1C(=O)N[C@@H](C)c1ccc(C#N)cc1)c1cc(OCCN2CCN(CCOc3cc(N4CCN(c5cc(-c6ccccc6O)nnc5N)CC45COC5)ccn3)CC2)no1. The van der Waals surface area contributed by atoms with Crippen molar-refractivity contribution >= 4 is 29.0 Å². The number of amides is 2. The molecule has 0 radical (unpaired) electrons. The number of nitriles is 1. The minimum Gasteiger partial charge on any atom is -0.507 e. The zero-order valence-corrected chi connectivity index (χ0v) is 40.4. The summed E-state index contributed by atoms with van der Waals surface area (Å²) < 4.78 is 23.7. The number of nitrogens with one attached hydrogen (secondary N) is 1. The highest BCUT2D eigenvalue weighted by Gasteiger charge is 2.49. The summed E-state index contributed by atoms with van der Waals surface area (Å²) in [5, 5.41) is 45.8. The van der Waals surface area contributed by atoms with Crippen LogP contribution in [0.2, 0.25) is 0 Å². The number of nitrogens with zero attached hydrogens (tertiary/aromatic N) is 10. The summed E-state index contributed by atoms with van der Waals surface area (Å²) in [5.74, 6) is 0.0390. The molecule has 4 atom stereocenters. The molecule has 9 rings (SSSR count). The molecule has 1 spiro atoms. The van der Waals surface area contributed by atoms with E-state index in [9.17, 15) is 19.8 Å². The summed E-state index contributed by atoms with van der Waals surface area (Å²) >= 11 is 0. The molecule has 0 saturated carbocycles. The molecule has 20 nitrogen and oxygen atoms in total. The third-order valence-electron chi connectivity index (χ3n) is 14.0. The first kappa shape index (κ1) is 49.0. The van der Waals surface area contributed by atoms with E-state index in [0.717, 1.165) is 49.7 Å². The smallest absolute Gasteiger partial charge is 0.254 e. The van der Waals surface area contributed by atoms with Crippen molar-refractivity contribution in [1.82, 2.24) is 40.4 Å². The molecule has 4 aliphatic rings. The topological polar surface area (TPSA) is 245 Å². The van der Waals surface area contributed by atoms with Crippen LogP contribution in [0.3, 0.4) is 0 Å². The lowest BCUT2D eigenvalue weighted by atomic mass is 9.90. The van der Waals surface area contributed by atoms with E-state index >= 15 is 0 Å². The number of anilines is 3. The number of aliphatic hydroxyl groups excluding tert-OH is 1. The summed E-state index contributed by atoms with van der Waals surface area (Å²) in [6, 6.07) is 22.4. The van der Waals surface area contributed by atoms with Gasteiger partial charge < -0.3 is 54.7 Å². The van der Waals surface area contributed by atoms with Gasteiger partial charge in [-0.2, -0.15) is 5.26 Å². The third-order valence-corrected chi connectivity index (χ3v) is 14.0. The summed E-state index contributed by atoms with van der Waals surface area (Å²) in [5.41, 5.74) is 10.4. The average Bonchev–Trinajstić information content (AvgIpc) is 4.00. The van der Waals surface area contributed by atoms with Gasteiger partial charge >= 0.3 is 0 Å². The monoisotopic (exact) mass is 970 g/mol. The Bertz CT molecular complexity index is 2680. The van der Waals surface area contributed by atoms with Crippen molar-refractivity contribution < 1.29 is 38.5 Å². The molecule has 7 heterocycles. The minimum atomic E-state index is -0.858. The van der Waals surface area contributed by atoms with Gasteiger partial charge in [0.15, 0.2) is 11.6 Å². The number of likely N-dealkylation sites (tertiary alicyclic amines) is 1. The number of rotatable bonds is 17. The van der Waals surface area contributed by atoms with Gasteiger partial charge in [0.05, 0.1) is 48.4 Å². The second-order valence-corrected chi connectivity index (χ2v) is 19.2. The zero-order chi connectivity index (χ0) is 49.6. The number of pyridine rings is 1. The quantitative estimate of drug-likeness (QED) is 0.104. The Labute approximate surface area is 412 Å². The number of aromatic hydroxyl groups is 1. The zero-order valence-electron chi connectivity index (χ0n) is 40.4. The first-order valence-corrected chi connectivity index (χ1v) is 24.3. The molecule has 0 unspecified atom stereocenters. The molecular formula is C51H62N12O8. The van der Waals surface area contributed by atoms with E-state index < -0.39 is 18.1 Å². The largest absolute Gasteiger partial charge is 0.507 e. The molecule has 5 aromatic rings. The molecule has 4 saturated heterocycles. The second kappa shape index (κ2) is 21.5. The highest BCUT2D eigenvalue weighted by molar-refractivity contribution is 5.91. The van der Waals surface area contributed by atoms with Crippen LogP contribution in [0.15, 0.2) is 83.5 Å². The molecule has 3 aromatic heterocycles. The number of nitrogens with two attached hydrogens (primary N) is 1. The normalized spacial score (nSPS) is 20.1. The maximum absolute atomic E-state index is 14.1. The maximum Gasteiger partial charge on any atom is 0.254 e. The highest BCUT2D eigenvalue weighted by atomic mass is 16.5. The van der Waals surface area contributed by atoms with Crippen molar-refractivity contribution in [2.75, 3.05) is 107 Å². The fourth-order valence-electron chi connectivity index (χ4n) is 10.0. The van der Waals surface area contributed by atoms with Gasteiger partial charge in [0.1, 0.15) is 36.5 Å². The van der Waals surface area contributed by atoms with Crippen molar-refractivity contribution in [3.8, 4) is 34.8 Å². The van der Waals surface area contributed by atoms with Gasteiger partial charge in [-0.05, 0) is 60.0 Å². The number of hydrogen-bond acceptors (Lipinski definition) is 18.